The van der Waals surface area contributed by atoms with Crippen molar-refractivity contribution in [3.63, 3.8) is 0 Å². The fraction of sp³-hybridized carbons (Fsp3) is 0.364. The molecular weight excluding hydrogens is 356 g/mol. The first-order valence-electron chi connectivity index (χ1n) is 9.33. The number of aliphatic hydroxyl groups excluding tert-OH is 1. The predicted molar refractivity (Wildman–Crippen MR) is 106 cm³/mol. The Balaban J connectivity index is 1.88. The van der Waals surface area contributed by atoms with Crippen molar-refractivity contribution in [2.24, 2.45) is 5.92 Å². The van der Waals surface area contributed by atoms with Crippen LogP contribution in [0.2, 0.25) is 0 Å². The molecule has 0 radical (unpaired) electrons. The molecule has 1 saturated heterocycles. The molecule has 1 aliphatic heterocycles. The summed E-state index contributed by atoms with van der Waals surface area (Å²) < 4.78 is 5.13. The molecule has 3 rings (SSSR count). The minimum Gasteiger partial charge on any atom is -0.497 e. The molecule has 0 spiro atoms. The van der Waals surface area contributed by atoms with Crippen LogP contribution in [0, 0.1) is 5.92 Å². The van der Waals surface area contributed by atoms with Crippen LogP contribution in [0.5, 0.6) is 5.75 Å². The molecule has 2 aromatic rings. The summed E-state index contributed by atoms with van der Waals surface area (Å²) in [5.74, 6) is -0.495. The molecule has 2 aromatic carbocycles. The van der Waals surface area contributed by atoms with Crippen LogP contribution in [0.15, 0.2) is 54.6 Å². The van der Waals surface area contributed by atoms with E-state index in [2.05, 4.69) is 0 Å². The number of methoxy groups -OCH3 is 1. The van der Waals surface area contributed by atoms with Gasteiger partial charge in [0.15, 0.2) is 0 Å². The zero-order chi connectivity index (χ0) is 20.4. The van der Waals surface area contributed by atoms with E-state index in [1.807, 2.05) is 37.3 Å². The molecule has 1 N–H and O–H groups in total. The number of carbonyl (C=O) groups is 2. The third-order valence-electron chi connectivity index (χ3n) is 5.55. The highest BCUT2D eigenvalue weighted by atomic mass is 16.5. The molecule has 1 aliphatic rings. The van der Waals surface area contributed by atoms with Crippen LogP contribution in [0.4, 0.5) is 4.79 Å². The SMILES string of the molecule is COc1ccc([C@H](O)[C@@H](C)C(=O)N2C(=O)N(C)[C@@H](C)[C@H]2c2ccccc2)cc1. The molecule has 28 heavy (non-hydrogen) atoms. The highest BCUT2D eigenvalue weighted by Crippen LogP contribution is 2.37. The summed E-state index contributed by atoms with van der Waals surface area (Å²) in [6, 6.07) is 15.5. The monoisotopic (exact) mass is 382 g/mol. The molecule has 0 unspecified atom stereocenters. The second-order valence-electron chi connectivity index (χ2n) is 7.20. The van der Waals surface area contributed by atoms with E-state index in [-0.39, 0.29) is 12.1 Å². The van der Waals surface area contributed by atoms with Gasteiger partial charge in [0.25, 0.3) is 0 Å². The number of rotatable bonds is 5. The van der Waals surface area contributed by atoms with Crippen molar-refractivity contribution in [2.75, 3.05) is 14.2 Å². The van der Waals surface area contributed by atoms with Crippen LogP contribution >= 0.6 is 0 Å². The van der Waals surface area contributed by atoms with Crippen molar-refractivity contribution >= 4 is 11.9 Å². The van der Waals surface area contributed by atoms with E-state index < -0.39 is 24.0 Å². The summed E-state index contributed by atoms with van der Waals surface area (Å²) in [6.45, 7) is 3.57. The Morgan fingerprint density at radius 1 is 1.11 bits per heavy atom. The summed E-state index contributed by atoms with van der Waals surface area (Å²) in [7, 11) is 3.26. The number of imide groups is 1. The topological polar surface area (TPSA) is 70.1 Å². The second-order valence-corrected chi connectivity index (χ2v) is 7.20. The maximum atomic E-state index is 13.3. The van der Waals surface area contributed by atoms with E-state index in [0.29, 0.717) is 11.3 Å². The maximum Gasteiger partial charge on any atom is 0.327 e. The second kappa shape index (κ2) is 8.02. The average Bonchev–Trinajstić information content (AvgIpc) is 2.96. The van der Waals surface area contributed by atoms with E-state index in [1.54, 1.807) is 50.2 Å². The third kappa shape index (κ3) is 3.47. The largest absolute Gasteiger partial charge is 0.497 e. The Hall–Kier alpha value is -2.86. The Morgan fingerprint density at radius 2 is 1.71 bits per heavy atom. The summed E-state index contributed by atoms with van der Waals surface area (Å²) in [4.78, 5) is 28.9. The van der Waals surface area contributed by atoms with Gasteiger partial charge in [-0.2, -0.15) is 0 Å². The lowest BCUT2D eigenvalue weighted by Crippen LogP contribution is -2.41. The fourth-order valence-corrected chi connectivity index (χ4v) is 3.64. The smallest absolute Gasteiger partial charge is 0.327 e. The van der Waals surface area contributed by atoms with Crippen LogP contribution in [0.3, 0.4) is 0 Å². The first kappa shape index (κ1) is 19.9. The van der Waals surface area contributed by atoms with Crippen molar-refractivity contribution in [1.29, 1.82) is 0 Å². The van der Waals surface area contributed by atoms with Crippen LogP contribution in [0.25, 0.3) is 0 Å². The maximum absolute atomic E-state index is 13.3. The van der Waals surface area contributed by atoms with Crippen molar-refractivity contribution < 1.29 is 19.4 Å². The van der Waals surface area contributed by atoms with Gasteiger partial charge in [-0.25, -0.2) is 4.79 Å². The average molecular weight is 382 g/mol. The number of benzene rings is 2. The van der Waals surface area contributed by atoms with Gasteiger partial charge in [0.2, 0.25) is 5.91 Å². The van der Waals surface area contributed by atoms with Gasteiger partial charge in [0.1, 0.15) is 5.75 Å². The lowest BCUT2D eigenvalue weighted by molar-refractivity contribution is -0.136. The Morgan fingerprint density at radius 3 is 2.29 bits per heavy atom. The van der Waals surface area contributed by atoms with E-state index in [1.165, 1.54) is 4.90 Å². The molecule has 6 nitrogen and oxygen atoms in total. The molecule has 0 bridgehead atoms. The number of aliphatic hydroxyl groups is 1. The van der Waals surface area contributed by atoms with E-state index in [0.717, 1.165) is 5.56 Å². The predicted octanol–water partition coefficient (Wildman–Crippen LogP) is 3.39. The van der Waals surface area contributed by atoms with Crippen LogP contribution in [-0.2, 0) is 4.79 Å². The van der Waals surface area contributed by atoms with Crippen LogP contribution < -0.4 is 4.74 Å². The van der Waals surface area contributed by atoms with Gasteiger partial charge in [0, 0.05) is 7.05 Å². The highest BCUT2D eigenvalue weighted by molar-refractivity contribution is 5.98. The minimum atomic E-state index is -1.02. The lowest BCUT2D eigenvalue weighted by Gasteiger charge is -2.28. The van der Waals surface area contributed by atoms with Crippen LogP contribution in [-0.4, -0.2) is 47.0 Å². The van der Waals surface area contributed by atoms with Crippen molar-refractivity contribution in [2.45, 2.75) is 32.0 Å². The third-order valence-corrected chi connectivity index (χ3v) is 5.55. The molecule has 0 saturated carbocycles. The van der Waals surface area contributed by atoms with Crippen LogP contribution in [0.1, 0.15) is 37.1 Å². The first-order valence-corrected chi connectivity index (χ1v) is 9.33. The fourth-order valence-electron chi connectivity index (χ4n) is 3.64. The Labute approximate surface area is 165 Å². The number of ether oxygens (including phenoxy) is 1. The number of hydrogen-bond donors (Lipinski definition) is 1. The van der Waals surface area contributed by atoms with Gasteiger partial charge in [-0.1, -0.05) is 49.4 Å². The molecule has 0 aliphatic carbocycles. The Bertz CT molecular complexity index is 837. The Kier molecular flexibility index (Phi) is 5.70. The quantitative estimate of drug-likeness (QED) is 0.861. The van der Waals surface area contributed by atoms with E-state index >= 15 is 0 Å². The number of carbonyl (C=O) groups excluding carboxylic acids is 2. The molecule has 4 atom stereocenters. The number of amides is 3. The van der Waals surface area contributed by atoms with Crippen molar-refractivity contribution in [1.82, 2.24) is 9.80 Å². The van der Waals surface area contributed by atoms with E-state index in [4.69, 9.17) is 4.74 Å². The lowest BCUT2D eigenvalue weighted by atomic mass is 9.94. The number of hydrogen-bond acceptors (Lipinski definition) is 4. The number of urea groups is 1. The van der Waals surface area contributed by atoms with Gasteiger partial charge < -0.3 is 14.7 Å². The summed E-state index contributed by atoms with van der Waals surface area (Å²) >= 11 is 0. The standard InChI is InChI=1S/C22H26N2O4/c1-14(20(25)17-10-12-18(28-4)13-11-17)21(26)24-19(15(2)23(3)22(24)27)16-8-6-5-7-9-16/h5-15,19-20,25H,1-4H3/t14-,15+,19+,20-/m1/s1. The highest BCUT2D eigenvalue weighted by Gasteiger charge is 2.47. The van der Waals surface area contributed by atoms with Crippen molar-refractivity contribution in [3.8, 4) is 5.75 Å². The van der Waals surface area contributed by atoms with Gasteiger partial charge in [-0.15, -0.1) is 0 Å². The van der Waals surface area contributed by atoms with Gasteiger partial charge >= 0.3 is 6.03 Å². The number of likely N-dealkylation sites (N-methyl/N-ethyl adjacent to an activating group) is 1. The molecule has 1 heterocycles. The molecule has 0 aromatic heterocycles. The molecule has 1 fully saturated rings. The molecule has 148 valence electrons. The number of nitrogens with zero attached hydrogens (tertiary/aromatic N) is 2. The molecular formula is C22H26N2O4. The zero-order valence-corrected chi connectivity index (χ0v) is 16.6. The zero-order valence-electron chi connectivity index (χ0n) is 16.6. The van der Waals surface area contributed by atoms with Crippen molar-refractivity contribution in [3.05, 3.63) is 65.7 Å². The summed E-state index contributed by atoms with van der Waals surface area (Å²) in [5.41, 5.74) is 1.50. The van der Waals surface area contributed by atoms with E-state index in [9.17, 15) is 14.7 Å². The summed E-state index contributed by atoms with van der Waals surface area (Å²) in [6.07, 6.45) is -1.02. The normalized spacial score (nSPS) is 21.5. The summed E-state index contributed by atoms with van der Waals surface area (Å²) in [5, 5.41) is 10.7. The van der Waals surface area contributed by atoms with Gasteiger partial charge in [-0.3, -0.25) is 9.69 Å². The van der Waals surface area contributed by atoms with Gasteiger partial charge in [-0.05, 0) is 30.2 Å². The van der Waals surface area contributed by atoms with Gasteiger partial charge in [0.05, 0.1) is 31.2 Å². The molecule has 6 heteroatoms. The first-order chi connectivity index (χ1) is 13.4. The minimum absolute atomic E-state index is 0.163. The molecule has 3 amide bonds.